The number of rotatable bonds is 7. The Hall–Kier alpha value is -1.75. The van der Waals surface area contributed by atoms with E-state index in [0.29, 0.717) is 6.54 Å². The molecule has 4 N–H and O–H groups in total. The largest absolute Gasteiger partial charge is 0.463 e. The lowest BCUT2D eigenvalue weighted by Gasteiger charge is -2.43. The number of aliphatic hydroxyl groups is 1. The second-order valence-corrected chi connectivity index (χ2v) is 5.28. The quantitative estimate of drug-likeness (QED) is 0.350. The van der Waals surface area contributed by atoms with Gasteiger partial charge in [0.1, 0.15) is 12.7 Å². The van der Waals surface area contributed by atoms with Crippen molar-refractivity contribution in [2.75, 3.05) is 19.7 Å². The van der Waals surface area contributed by atoms with Gasteiger partial charge < -0.3 is 35.1 Å². The van der Waals surface area contributed by atoms with Crippen molar-refractivity contribution < 1.29 is 38.4 Å². The van der Waals surface area contributed by atoms with Gasteiger partial charge >= 0.3 is 17.9 Å². The Morgan fingerprint density at radius 2 is 1.67 bits per heavy atom. The number of carbonyl (C=O) groups is 3. The van der Waals surface area contributed by atoms with Crippen molar-refractivity contribution in [1.29, 1.82) is 0 Å². The van der Waals surface area contributed by atoms with Gasteiger partial charge in [-0.15, -0.1) is 0 Å². The van der Waals surface area contributed by atoms with E-state index >= 15 is 0 Å². The smallest absolute Gasteiger partial charge is 0.303 e. The zero-order valence-corrected chi connectivity index (χ0v) is 13.9. The van der Waals surface area contributed by atoms with Gasteiger partial charge in [0, 0.05) is 33.9 Å². The zero-order valence-electron chi connectivity index (χ0n) is 13.9. The summed E-state index contributed by atoms with van der Waals surface area (Å²) in [7, 11) is 0. The molecule has 0 bridgehead atoms. The fourth-order valence-electron chi connectivity index (χ4n) is 2.39. The van der Waals surface area contributed by atoms with Crippen molar-refractivity contribution in [3.8, 4) is 0 Å². The number of carbonyl (C=O) groups excluding carboxylic acids is 3. The second-order valence-electron chi connectivity index (χ2n) is 5.28. The molecule has 1 saturated heterocycles. The Kier molecular flexibility index (Phi) is 8.05. The summed E-state index contributed by atoms with van der Waals surface area (Å²) in [4.78, 5) is 33.8. The molecule has 0 spiro atoms. The lowest BCUT2D eigenvalue weighted by Crippen LogP contribution is -2.65. The van der Waals surface area contributed by atoms with Gasteiger partial charge in [-0.25, -0.2) is 0 Å². The Bertz CT molecular complexity index is 458. The average molecular weight is 348 g/mol. The molecule has 5 atom stereocenters. The summed E-state index contributed by atoms with van der Waals surface area (Å²) in [5.74, 6) is -1.83. The monoisotopic (exact) mass is 348 g/mol. The third kappa shape index (κ3) is 6.04. The van der Waals surface area contributed by atoms with Crippen LogP contribution in [0.4, 0.5) is 0 Å². The van der Waals surface area contributed by atoms with Crippen molar-refractivity contribution in [1.82, 2.24) is 5.32 Å². The minimum atomic E-state index is -1.38. The topological polar surface area (TPSA) is 146 Å². The number of ether oxygens (including phenoxy) is 4. The van der Waals surface area contributed by atoms with Crippen LogP contribution in [-0.4, -0.2) is 73.4 Å². The lowest BCUT2D eigenvalue weighted by molar-refractivity contribution is -0.265. The number of aliphatic hydroxyl groups excluding tert-OH is 1. The molecule has 0 aromatic carbocycles. The number of nitrogens with one attached hydrogen (secondary N) is 1. The predicted octanol–water partition coefficient (Wildman–Crippen LogP) is -1.95. The van der Waals surface area contributed by atoms with Gasteiger partial charge in [-0.05, 0) is 0 Å². The molecule has 1 rings (SSSR count). The highest BCUT2D eigenvalue weighted by Gasteiger charge is 2.49. The van der Waals surface area contributed by atoms with Gasteiger partial charge in [0.15, 0.2) is 18.5 Å². The summed E-state index contributed by atoms with van der Waals surface area (Å²) in [5, 5.41) is 13.1. The van der Waals surface area contributed by atoms with Crippen LogP contribution in [-0.2, 0) is 33.3 Å². The minimum absolute atomic E-state index is 0.269. The van der Waals surface area contributed by atoms with E-state index in [2.05, 4.69) is 5.32 Å². The van der Waals surface area contributed by atoms with Gasteiger partial charge in [0.2, 0.25) is 0 Å². The minimum Gasteiger partial charge on any atom is -0.463 e. The van der Waals surface area contributed by atoms with Crippen LogP contribution in [0.3, 0.4) is 0 Å². The zero-order chi connectivity index (χ0) is 18.3. The molecule has 1 aliphatic heterocycles. The van der Waals surface area contributed by atoms with Crippen LogP contribution in [0.5, 0.6) is 0 Å². The summed E-state index contributed by atoms with van der Waals surface area (Å²) in [6.45, 7) is 3.88. The number of hydrogen-bond donors (Lipinski definition) is 3. The molecule has 0 saturated carbocycles. The van der Waals surface area contributed by atoms with Crippen LogP contribution in [0.15, 0.2) is 0 Å². The van der Waals surface area contributed by atoms with Crippen molar-refractivity contribution in [3.63, 3.8) is 0 Å². The molecule has 1 aliphatic rings. The first-order valence-corrected chi connectivity index (χ1v) is 7.51. The van der Waals surface area contributed by atoms with Crippen LogP contribution in [0.25, 0.3) is 0 Å². The Labute approximate surface area is 139 Å². The van der Waals surface area contributed by atoms with E-state index in [9.17, 15) is 19.5 Å². The molecule has 138 valence electrons. The average Bonchev–Trinajstić information content (AvgIpc) is 2.46. The van der Waals surface area contributed by atoms with Crippen molar-refractivity contribution in [3.05, 3.63) is 0 Å². The summed E-state index contributed by atoms with van der Waals surface area (Å²) in [5.41, 5.74) is 5.43. The van der Waals surface area contributed by atoms with Crippen LogP contribution in [0, 0.1) is 0 Å². The van der Waals surface area contributed by atoms with Crippen molar-refractivity contribution in [2.45, 2.75) is 51.4 Å². The molecule has 2 unspecified atom stereocenters. The second kappa shape index (κ2) is 9.52. The Morgan fingerprint density at radius 1 is 1.08 bits per heavy atom. The first-order chi connectivity index (χ1) is 11.3. The first kappa shape index (κ1) is 20.3. The Balaban J connectivity index is 3.04. The van der Waals surface area contributed by atoms with Gasteiger partial charge in [-0.1, -0.05) is 0 Å². The van der Waals surface area contributed by atoms with Gasteiger partial charge in [0.05, 0.1) is 6.04 Å². The van der Waals surface area contributed by atoms with Crippen molar-refractivity contribution in [2.24, 2.45) is 5.73 Å². The summed E-state index contributed by atoms with van der Waals surface area (Å²) >= 11 is 0. The van der Waals surface area contributed by atoms with E-state index < -0.39 is 48.6 Å². The lowest BCUT2D eigenvalue weighted by atomic mass is 9.96. The van der Waals surface area contributed by atoms with Crippen molar-refractivity contribution >= 4 is 17.9 Å². The predicted molar refractivity (Wildman–Crippen MR) is 79.5 cm³/mol. The molecule has 10 heteroatoms. The molecule has 0 aliphatic carbocycles. The maximum Gasteiger partial charge on any atom is 0.303 e. The molecule has 0 aromatic rings. The molecule has 0 radical (unpaired) electrons. The number of hydrogen-bond acceptors (Lipinski definition) is 10. The maximum atomic E-state index is 11.4. The van der Waals surface area contributed by atoms with Gasteiger partial charge in [-0.2, -0.15) is 0 Å². The van der Waals surface area contributed by atoms with E-state index in [1.54, 1.807) is 0 Å². The van der Waals surface area contributed by atoms with Crippen LogP contribution in [0.1, 0.15) is 20.8 Å². The van der Waals surface area contributed by atoms with E-state index in [-0.39, 0.29) is 13.2 Å². The highest BCUT2D eigenvalue weighted by molar-refractivity contribution is 5.67. The number of nitrogens with two attached hydrogens (primary N) is 1. The highest BCUT2D eigenvalue weighted by Crippen LogP contribution is 2.26. The molecule has 24 heavy (non-hydrogen) atoms. The standard InChI is InChI=1S/C14H24N2O8/c1-7(17)21-6-10-12(22-8(2)18)13(23-9(3)19)11(14(20)24-10)16-5-4-15/h10-14,16,20H,4-6,15H2,1-3H3/t10?,11?,12-,13-,14+/m1/s1. The molecule has 10 nitrogen and oxygen atoms in total. The fourth-order valence-corrected chi connectivity index (χ4v) is 2.39. The summed E-state index contributed by atoms with van der Waals surface area (Å²) in [6, 6.07) is -0.865. The SMILES string of the molecule is CC(=O)OCC1O[C@H](O)C(NCCN)[C@@H](OC(C)=O)[C@@H]1OC(C)=O. The van der Waals surface area contributed by atoms with E-state index in [1.807, 2.05) is 0 Å². The third-order valence-electron chi connectivity index (χ3n) is 3.24. The third-order valence-corrected chi connectivity index (χ3v) is 3.24. The van der Waals surface area contributed by atoms with E-state index in [1.165, 1.54) is 20.8 Å². The normalized spacial score (nSPS) is 29.6. The van der Waals surface area contributed by atoms with E-state index in [0.717, 1.165) is 0 Å². The Morgan fingerprint density at radius 3 is 2.17 bits per heavy atom. The highest BCUT2D eigenvalue weighted by atomic mass is 16.7. The summed E-state index contributed by atoms with van der Waals surface area (Å²) in [6.07, 6.45) is -4.48. The fraction of sp³-hybridized carbons (Fsp3) is 0.786. The first-order valence-electron chi connectivity index (χ1n) is 7.51. The maximum absolute atomic E-state index is 11.4. The molecule has 0 aromatic heterocycles. The summed E-state index contributed by atoms with van der Waals surface area (Å²) < 4.78 is 20.7. The van der Waals surface area contributed by atoms with E-state index in [4.69, 9.17) is 24.7 Å². The molecule has 0 amide bonds. The molecule has 1 heterocycles. The molecule has 1 fully saturated rings. The van der Waals surface area contributed by atoms with Crippen LogP contribution < -0.4 is 11.1 Å². The number of esters is 3. The van der Waals surface area contributed by atoms with Gasteiger partial charge in [0.25, 0.3) is 0 Å². The van der Waals surface area contributed by atoms with Gasteiger partial charge in [-0.3, -0.25) is 14.4 Å². The van der Waals surface area contributed by atoms with Crippen LogP contribution in [0.2, 0.25) is 0 Å². The molecular weight excluding hydrogens is 324 g/mol. The molecular formula is C14H24N2O8. The van der Waals surface area contributed by atoms with Crippen LogP contribution >= 0.6 is 0 Å².